The highest BCUT2D eigenvalue weighted by atomic mass is 32.1. The standard InChI is InChI=1S/C6H7F3N2S/c7-6(8,9)1-3-11-4-2-10-5(11)12/h2,4H,1,3H2,(H,10,12). The summed E-state index contributed by atoms with van der Waals surface area (Å²) in [5, 5.41) is 0. The minimum absolute atomic E-state index is 0.119. The van der Waals surface area contributed by atoms with E-state index in [2.05, 4.69) is 4.98 Å². The summed E-state index contributed by atoms with van der Waals surface area (Å²) in [7, 11) is 0. The molecule has 0 saturated carbocycles. The highest BCUT2D eigenvalue weighted by Crippen LogP contribution is 2.20. The summed E-state index contributed by atoms with van der Waals surface area (Å²) in [6.45, 7) is -0.119. The van der Waals surface area contributed by atoms with Gasteiger partial charge in [0.1, 0.15) is 0 Å². The molecule has 0 unspecified atom stereocenters. The van der Waals surface area contributed by atoms with Gasteiger partial charge in [0.2, 0.25) is 0 Å². The lowest BCUT2D eigenvalue weighted by molar-refractivity contribution is -0.136. The zero-order valence-electron chi connectivity index (χ0n) is 6.06. The first-order chi connectivity index (χ1) is 5.49. The fraction of sp³-hybridized carbons (Fsp3) is 0.500. The lowest BCUT2D eigenvalue weighted by Gasteiger charge is -2.05. The van der Waals surface area contributed by atoms with Gasteiger partial charge in [0.05, 0.1) is 6.42 Å². The van der Waals surface area contributed by atoms with Crippen molar-refractivity contribution in [2.75, 3.05) is 0 Å². The van der Waals surface area contributed by atoms with Crippen molar-refractivity contribution in [2.24, 2.45) is 0 Å². The van der Waals surface area contributed by atoms with E-state index in [0.717, 1.165) is 0 Å². The summed E-state index contributed by atoms with van der Waals surface area (Å²) in [6.07, 6.45) is -1.96. The number of hydrogen-bond acceptors (Lipinski definition) is 1. The zero-order valence-corrected chi connectivity index (χ0v) is 6.87. The molecule has 1 rings (SSSR count). The number of aryl methyl sites for hydroxylation is 1. The molecule has 6 heteroatoms. The molecule has 0 atom stereocenters. The minimum atomic E-state index is -4.12. The Balaban J connectivity index is 2.55. The molecule has 0 spiro atoms. The van der Waals surface area contributed by atoms with E-state index in [1.165, 1.54) is 17.0 Å². The lowest BCUT2D eigenvalue weighted by Crippen LogP contribution is -2.11. The molecule has 2 nitrogen and oxygen atoms in total. The summed E-state index contributed by atoms with van der Waals surface area (Å²) in [4.78, 5) is 2.62. The van der Waals surface area contributed by atoms with Crippen molar-refractivity contribution in [3.63, 3.8) is 0 Å². The summed E-state index contributed by atoms with van der Waals surface area (Å²) < 4.78 is 36.8. The van der Waals surface area contributed by atoms with Crippen molar-refractivity contribution in [3.8, 4) is 0 Å². The molecule has 0 aliphatic carbocycles. The predicted octanol–water partition coefficient (Wildman–Crippen LogP) is 2.50. The molecule has 0 aliphatic rings. The smallest absolute Gasteiger partial charge is 0.337 e. The zero-order chi connectivity index (χ0) is 9.19. The maximum Gasteiger partial charge on any atom is 0.390 e. The number of aromatic amines is 1. The Morgan fingerprint density at radius 1 is 1.50 bits per heavy atom. The van der Waals surface area contributed by atoms with Crippen molar-refractivity contribution in [2.45, 2.75) is 19.1 Å². The fourth-order valence-electron chi connectivity index (χ4n) is 0.772. The van der Waals surface area contributed by atoms with Crippen LogP contribution in [0.1, 0.15) is 6.42 Å². The molecule has 1 heterocycles. The van der Waals surface area contributed by atoms with E-state index in [0.29, 0.717) is 4.77 Å². The number of hydrogen-bond donors (Lipinski definition) is 1. The normalized spacial score (nSPS) is 11.9. The van der Waals surface area contributed by atoms with E-state index < -0.39 is 12.6 Å². The van der Waals surface area contributed by atoms with E-state index in [9.17, 15) is 13.2 Å². The highest BCUT2D eigenvalue weighted by Gasteiger charge is 2.26. The molecule has 0 aliphatic heterocycles. The van der Waals surface area contributed by atoms with E-state index in [-0.39, 0.29) is 6.54 Å². The second-order valence-electron chi connectivity index (χ2n) is 2.32. The topological polar surface area (TPSA) is 20.7 Å². The number of nitrogens with zero attached hydrogens (tertiary/aromatic N) is 1. The quantitative estimate of drug-likeness (QED) is 0.721. The van der Waals surface area contributed by atoms with Crippen LogP contribution < -0.4 is 0 Å². The monoisotopic (exact) mass is 196 g/mol. The van der Waals surface area contributed by atoms with Gasteiger partial charge in [-0.25, -0.2) is 0 Å². The third kappa shape index (κ3) is 2.69. The van der Waals surface area contributed by atoms with Crippen molar-refractivity contribution >= 4 is 12.2 Å². The number of halogens is 3. The third-order valence-corrected chi connectivity index (χ3v) is 1.71. The fourth-order valence-corrected chi connectivity index (χ4v) is 0.993. The maximum atomic E-state index is 11.7. The average Bonchev–Trinajstić information content (AvgIpc) is 2.29. The first kappa shape index (κ1) is 9.31. The number of H-pyrrole nitrogens is 1. The van der Waals surface area contributed by atoms with Crippen LogP contribution in [-0.2, 0) is 6.54 Å². The van der Waals surface area contributed by atoms with Crippen LogP contribution >= 0.6 is 12.2 Å². The van der Waals surface area contributed by atoms with Crippen LogP contribution in [0.25, 0.3) is 0 Å². The number of nitrogens with one attached hydrogen (secondary N) is 1. The Kier molecular flexibility index (Phi) is 2.56. The lowest BCUT2D eigenvalue weighted by atomic mass is 10.4. The molecule has 0 fully saturated rings. The number of rotatable bonds is 2. The van der Waals surface area contributed by atoms with Gasteiger partial charge in [-0.2, -0.15) is 13.2 Å². The van der Waals surface area contributed by atoms with Gasteiger partial charge >= 0.3 is 6.18 Å². The van der Waals surface area contributed by atoms with Crippen LogP contribution in [0.15, 0.2) is 12.4 Å². The molecule has 68 valence electrons. The largest absolute Gasteiger partial charge is 0.390 e. The van der Waals surface area contributed by atoms with E-state index >= 15 is 0 Å². The first-order valence-electron chi connectivity index (χ1n) is 3.29. The summed E-state index contributed by atoms with van der Waals surface area (Å²) in [5.74, 6) is 0. The van der Waals surface area contributed by atoms with E-state index in [4.69, 9.17) is 12.2 Å². The Morgan fingerprint density at radius 2 is 2.17 bits per heavy atom. The van der Waals surface area contributed by atoms with Crippen LogP contribution in [0.3, 0.4) is 0 Å². The van der Waals surface area contributed by atoms with Crippen LogP contribution in [0.4, 0.5) is 13.2 Å². The first-order valence-corrected chi connectivity index (χ1v) is 3.70. The van der Waals surface area contributed by atoms with E-state index in [1.807, 2.05) is 0 Å². The molecule has 1 aromatic heterocycles. The van der Waals surface area contributed by atoms with Gasteiger partial charge < -0.3 is 9.55 Å². The Bertz CT molecular complexity index is 298. The maximum absolute atomic E-state index is 11.7. The summed E-state index contributed by atoms with van der Waals surface area (Å²) >= 11 is 4.71. The molecular formula is C6H7F3N2S. The molecule has 1 N–H and O–H groups in total. The summed E-state index contributed by atoms with van der Waals surface area (Å²) in [5.41, 5.74) is 0. The molecule has 0 saturated heterocycles. The van der Waals surface area contributed by atoms with Gasteiger partial charge in [0.25, 0.3) is 0 Å². The van der Waals surface area contributed by atoms with Gasteiger partial charge in [0, 0.05) is 18.9 Å². The second kappa shape index (κ2) is 3.30. The molecule has 1 aromatic rings. The minimum Gasteiger partial charge on any atom is -0.337 e. The van der Waals surface area contributed by atoms with Crippen molar-refractivity contribution < 1.29 is 13.2 Å². The molecule has 0 amide bonds. The summed E-state index contributed by atoms with van der Waals surface area (Å²) in [6, 6.07) is 0. The van der Waals surface area contributed by atoms with E-state index in [1.54, 1.807) is 0 Å². The van der Waals surface area contributed by atoms with Crippen LogP contribution in [0.2, 0.25) is 0 Å². The molecule has 0 aromatic carbocycles. The van der Waals surface area contributed by atoms with Crippen LogP contribution in [0.5, 0.6) is 0 Å². The Morgan fingerprint density at radius 3 is 2.58 bits per heavy atom. The van der Waals surface area contributed by atoms with Gasteiger partial charge in [-0.3, -0.25) is 0 Å². The molecule has 12 heavy (non-hydrogen) atoms. The molecular weight excluding hydrogens is 189 g/mol. The number of imidazole rings is 1. The average molecular weight is 196 g/mol. The SMILES string of the molecule is FC(F)(F)CCn1cc[nH]c1=S. The Hall–Kier alpha value is -0.780. The third-order valence-electron chi connectivity index (χ3n) is 1.36. The second-order valence-corrected chi connectivity index (χ2v) is 2.71. The van der Waals surface area contributed by atoms with Crippen molar-refractivity contribution in [1.82, 2.24) is 9.55 Å². The van der Waals surface area contributed by atoms with Crippen molar-refractivity contribution in [1.29, 1.82) is 0 Å². The number of alkyl halides is 3. The molecule has 0 radical (unpaired) electrons. The van der Waals surface area contributed by atoms with Gasteiger partial charge in [-0.15, -0.1) is 0 Å². The number of aromatic nitrogens is 2. The van der Waals surface area contributed by atoms with Crippen LogP contribution in [-0.4, -0.2) is 15.7 Å². The predicted molar refractivity (Wildman–Crippen MR) is 40.3 cm³/mol. The van der Waals surface area contributed by atoms with Gasteiger partial charge in [-0.1, -0.05) is 0 Å². The molecule has 0 bridgehead atoms. The van der Waals surface area contributed by atoms with Gasteiger partial charge in [-0.05, 0) is 12.2 Å². The van der Waals surface area contributed by atoms with Crippen LogP contribution in [0, 0.1) is 4.77 Å². The Labute approximate surface area is 72.0 Å². The van der Waals surface area contributed by atoms with Gasteiger partial charge in [0.15, 0.2) is 4.77 Å². The van der Waals surface area contributed by atoms with Crippen molar-refractivity contribution in [3.05, 3.63) is 17.2 Å². The highest BCUT2D eigenvalue weighted by molar-refractivity contribution is 7.71.